The molecular formula is C12H8ClN3O. The van der Waals surface area contributed by atoms with Crippen LogP contribution in [0.15, 0.2) is 47.1 Å². The Morgan fingerprint density at radius 2 is 2.12 bits per heavy atom. The van der Waals surface area contributed by atoms with E-state index in [0.717, 1.165) is 5.56 Å². The minimum Gasteiger partial charge on any atom is -0.461 e. The highest BCUT2D eigenvalue weighted by Gasteiger charge is 2.09. The van der Waals surface area contributed by atoms with Crippen molar-refractivity contribution in [1.82, 2.24) is 15.2 Å². The number of hydrogen-bond acceptors (Lipinski definition) is 3. The molecule has 2 aromatic heterocycles. The van der Waals surface area contributed by atoms with Crippen molar-refractivity contribution < 1.29 is 4.42 Å². The fourth-order valence-corrected chi connectivity index (χ4v) is 1.73. The molecule has 0 atom stereocenters. The highest BCUT2D eigenvalue weighted by Crippen LogP contribution is 2.22. The highest BCUT2D eigenvalue weighted by molar-refractivity contribution is 6.30. The zero-order chi connectivity index (χ0) is 11.7. The molecular weight excluding hydrogens is 238 g/mol. The third-order valence-corrected chi connectivity index (χ3v) is 2.56. The molecule has 3 rings (SSSR count). The molecule has 0 fully saturated rings. The summed E-state index contributed by atoms with van der Waals surface area (Å²) in [6.45, 7) is 0. The zero-order valence-electron chi connectivity index (χ0n) is 8.72. The lowest BCUT2D eigenvalue weighted by molar-refractivity contribution is 0.577. The Balaban J connectivity index is 2.01. The van der Waals surface area contributed by atoms with E-state index in [2.05, 4.69) is 15.2 Å². The molecule has 0 aliphatic rings. The predicted octanol–water partition coefficient (Wildman–Crippen LogP) is 3.39. The molecule has 2 heterocycles. The van der Waals surface area contributed by atoms with Gasteiger partial charge < -0.3 is 4.42 Å². The normalized spacial score (nSPS) is 10.6. The van der Waals surface area contributed by atoms with Crippen LogP contribution in [0.3, 0.4) is 0 Å². The second-order valence-electron chi connectivity index (χ2n) is 3.50. The summed E-state index contributed by atoms with van der Waals surface area (Å²) in [6.07, 6.45) is 1.59. The summed E-state index contributed by atoms with van der Waals surface area (Å²) in [5, 5.41) is 7.62. The molecule has 0 aliphatic heterocycles. The summed E-state index contributed by atoms with van der Waals surface area (Å²) in [6, 6.07) is 11.0. The van der Waals surface area contributed by atoms with E-state index in [1.54, 1.807) is 12.3 Å². The maximum atomic E-state index is 5.92. The zero-order valence-corrected chi connectivity index (χ0v) is 9.48. The molecule has 0 spiro atoms. The van der Waals surface area contributed by atoms with Crippen molar-refractivity contribution in [3.63, 3.8) is 0 Å². The maximum absolute atomic E-state index is 5.92. The molecule has 1 aromatic carbocycles. The Hall–Kier alpha value is -2.07. The standard InChI is InChI=1S/C12H8ClN3O/c13-9-4-1-3-8(7-9)11-14-12(16-15-11)10-5-2-6-17-10/h1-7H,(H,14,15,16). The lowest BCUT2D eigenvalue weighted by Gasteiger charge is -1.94. The summed E-state index contributed by atoms with van der Waals surface area (Å²) in [5.74, 6) is 1.86. The lowest BCUT2D eigenvalue weighted by atomic mass is 10.2. The van der Waals surface area contributed by atoms with E-state index in [4.69, 9.17) is 16.0 Å². The minimum absolute atomic E-state index is 0.596. The molecule has 1 N–H and O–H groups in total. The minimum atomic E-state index is 0.596. The first-order chi connectivity index (χ1) is 8.33. The lowest BCUT2D eigenvalue weighted by Crippen LogP contribution is -1.80. The van der Waals surface area contributed by atoms with Gasteiger partial charge in [0.1, 0.15) is 0 Å². The fourth-order valence-electron chi connectivity index (χ4n) is 1.54. The van der Waals surface area contributed by atoms with Gasteiger partial charge in [-0.15, -0.1) is 0 Å². The van der Waals surface area contributed by atoms with E-state index in [-0.39, 0.29) is 0 Å². The summed E-state index contributed by atoms with van der Waals surface area (Å²) < 4.78 is 5.23. The van der Waals surface area contributed by atoms with Gasteiger partial charge in [-0.2, -0.15) is 5.10 Å². The number of benzene rings is 1. The van der Waals surface area contributed by atoms with Gasteiger partial charge in [-0.25, -0.2) is 4.98 Å². The molecule has 0 aliphatic carbocycles. The SMILES string of the molecule is Clc1cccc(-c2n[nH]c(-c3ccco3)n2)c1. The van der Waals surface area contributed by atoms with Crippen LogP contribution in [0, 0.1) is 0 Å². The maximum Gasteiger partial charge on any atom is 0.192 e. The second-order valence-corrected chi connectivity index (χ2v) is 3.93. The average Bonchev–Trinajstić information content (AvgIpc) is 3.00. The van der Waals surface area contributed by atoms with Crippen molar-refractivity contribution >= 4 is 11.6 Å². The Morgan fingerprint density at radius 3 is 2.88 bits per heavy atom. The number of H-pyrrole nitrogens is 1. The van der Waals surface area contributed by atoms with E-state index in [1.807, 2.05) is 30.3 Å². The second kappa shape index (κ2) is 4.07. The van der Waals surface area contributed by atoms with Crippen molar-refractivity contribution in [3.8, 4) is 23.0 Å². The van der Waals surface area contributed by atoms with E-state index in [9.17, 15) is 0 Å². The molecule has 0 saturated carbocycles. The topological polar surface area (TPSA) is 54.7 Å². The number of nitrogens with zero attached hydrogens (tertiary/aromatic N) is 2. The number of aromatic nitrogens is 3. The number of halogens is 1. The van der Waals surface area contributed by atoms with Crippen molar-refractivity contribution in [3.05, 3.63) is 47.7 Å². The summed E-state index contributed by atoms with van der Waals surface area (Å²) in [7, 11) is 0. The molecule has 84 valence electrons. The van der Waals surface area contributed by atoms with Crippen LogP contribution in [0.2, 0.25) is 5.02 Å². The van der Waals surface area contributed by atoms with Gasteiger partial charge in [-0.1, -0.05) is 23.7 Å². The molecule has 0 bridgehead atoms. The van der Waals surface area contributed by atoms with Gasteiger partial charge in [0.25, 0.3) is 0 Å². The van der Waals surface area contributed by atoms with E-state index in [1.165, 1.54) is 0 Å². The van der Waals surface area contributed by atoms with Gasteiger partial charge in [0.05, 0.1) is 6.26 Å². The molecule has 0 radical (unpaired) electrons. The number of nitrogens with one attached hydrogen (secondary N) is 1. The van der Waals surface area contributed by atoms with Crippen LogP contribution >= 0.6 is 11.6 Å². The Labute approximate surface area is 102 Å². The van der Waals surface area contributed by atoms with Crippen LogP contribution in [0.25, 0.3) is 23.0 Å². The highest BCUT2D eigenvalue weighted by atomic mass is 35.5. The predicted molar refractivity (Wildman–Crippen MR) is 64.5 cm³/mol. The average molecular weight is 246 g/mol. The van der Waals surface area contributed by atoms with Gasteiger partial charge >= 0.3 is 0 Å². The third kappa shape index (κ3) is 1.94. The first kappa shape index (κ1) is 10.1. The third-order valence-electron chi connectivity index (χ3n) is 2.32. The smallest absolute Gasteiger partial charge is 0.192 e. The van der Waals surface area contributed by atoms with Crippen molar-refractivity contribution in [2.45, 2.75) is 0 Å². The number of aromatic amines is 1. The Bertz CT molecular complexity index is 631. The molecule has 3 aromatic rings. The molecule has 0 saturated heterocycles. The molecule has 5 heteroatoms. The van der Waals surface area contributed by atoms with Crippen molar-refractivity contribution in [2.75, 3.05) is 0 Å². The number of furan rings is 1. The van der Waals surface area contributed by atoms with Crippen molar-refractivity contribution in [1.29, 1.82) is 0 Å². The van der Waals surface area contributed by atoms with Gasteiger partial charge in [0.2, 0.25) is 0 Å². The van der Waals surface area contributed by atoms with Crippen LogP contribution < -0.4 is 0 Å². The van der Waals surface area contributed by atoms with Gasteiger partial charge in [0.15, 0.2) is 17.4 Å². The largest absolute Gasteiger partial charge is 0.461 e. The monoisotopic (exact) mass is 245 g/mol. The first-order valence-electron chi connectivity index (χ1n) is 5.05. The van der Waals surface area contributed by atoms with Crippen LogP contribution in [0.1, 0.15) is 0 Å². The van der Waals surface area contributed by atoms with Gasteiger partial charge in [0, 0.05) is 10.6 Å². The summed E-state index contributed by atoms with van der Waals surface area (Å²) >= 11 is 5.92. The summed E-state index contributed by atoms with van der Waals surface area (Å²) in [5.41, 5.74) is 0.867. The Kier molecular flexibility index (Phi) is 2.42. The quantitative estimate of drug-likeness (QED) is 0.753. The van der Waals surface area contributed by atoms with Gasteiger partial charge in [-0.05, 0) is 24.3 Å². The number of rotatable bonds is 2. The molecule has 0 unspecified atom stereocenters. The van der Waals surface area contributed by atoms with Crippen molar-refractivity contribution in [2.24, 2.45) is 0 Å². The molecule has 4 nitrogen and oxygen atoms in total. The van der Waals surface area contributed by atoms with Crippen LogP contribution in [0.4, 0.5) is 0 Å². The Morgan fingerprint density at radius 1 is 1.18 bits per heavy atom. The van der Waals surface area contributed by atoms with Crippen LogP contribution in [-0.4, -0.2) is 15.2 Å². The van der Waals surface area contributed by atoms with E-state index < -0.39 is 0 Å². The van der Waals surface area contributed by atoms with Crippen LogP contribution in [0.5, 0.6) is 0 Å². The molecule has 17 heavy (non-hydrogen) atoms. The van der Waals surface area contributed by atoms with Crippen LogP contribution in [-0.2, 0) is 0 Å². The fraction of sp³-hybridized carbons (Fsp3) is 0. The molecule has 0 amide bonds. The summed E-state index contributed by atoms with van der Waals surface area (Å²) in [4.78, 5) is 4.35. The van der Waals surface area contributed by atoms with E-state index >= 15 is 0 Å². The first-order valence-corrected chi connectivity index (χ1v) is 5.43. The van der Waals surface area contributed by atoms with E-state index in [0.29, 0.717) is 22.4 Å². The number of hydrogen-bond donors (Lipinski definition) is 1. The van der Waals surface area contributed by atoms with Gasteiger partial charge in [-0.3, -0.25) is 5.10 Å².